The zero-order valence-electron chi connectivity index (χ0n) is 9.34. The summed E-state index contributed by atoms with van der Waals surface area (Å²) in [5.74, 6) is -0.365. The maximum atomic E-state index is 12.7. The number of unbranched alkanes of at least 4 members (excludes halogenated alkanes) is 1. The number of hydrogen-bond acceptors (Lipinski definition) is 2. The second-order valence-electron chi connectivity index (χ2n) is 3.49. The van der Waals surface area contributed by atoms with Gasteiger partial charge in [0, 0.05) is 0 Å². The first kappa shape index (κ1) is 13.4. The SMILES string of the molecule is CCCCOc1c(C#N)cccc1C(F)(F)F. The monoisotopic (exact) mass is 243 g/mol. The van der Waals surface area contributed by atoms with Gasteiger partial charge in [-0.25, -0.2) is 0 Å². The third kappa shape index (κ3) is 3.38. The Balaban J connectivity index is 3.09. The van der Waals surface area contributed by atoms with Crippen LogP contribution < -0.4 is 4.74 Å². The molecule has 0 aromatic heterocycles. The van der Waals surface area contributed by atoms with Gasteiger partial charge in [-0.1, -0.05) is 19.4 Å². The Labute approximate surface area is 97.6 Å². The highest BCUT2D eigenvalue weighted by Gasteiger charge is 2.35. The van der Waals surface area contributed by atoms with Gasteiger partial charge in [-0.15, -0.1) is 0 Å². The van der Waals surface area contributed by atoms with Gasteiger partial charge in [0.05, 0.1) is 17.7 Å². The molecule has 0 unspecified atom stereocenters. The van der Waals surface area contributed by atoms with E-state index < -0.39 is 11.7 Å². The summed E-state index contributed by atoms with van der Waals surface area (Å²) in [6.07, 6.45) is -3.04. The summed E-state index contributed by atoms with van der Waals surface area (Å²) in [5.41, 5.74) is -0.983. The molecular formula is C12H12F3NO. The molecule has 0 bridgehead atoms. The third-order valence-electron chi connectivity index (χ3n) is 2.19. The van der Waals surface area contributed by atoms with Crippen LogP contribution in [0.4, 0.5) is 13.2 Å². The molecule has 1 rings (SSSR count). The summed E-state index contributed by atoms with van der Waals surface area (Å²) >= 11 is 0. The highest BCUT2D eigenvalue weighted by atomic mass is 19.4. The van der Waals surface area contributed by atoms with E-state index in [2.05, 4.69) is 0 Å². The highest BCUT2D eigenvalue weighted by molar-refractivity contribution is 5.49. The van der Waals surface area contributed by atoms with Gasteiger partial charge >= 0.3 is 6.18 Å². The number of nitrogens with zero attached hydrogens (tertiary/aromatic N) is 1. The Hall–Kier alpha value is -1.70. The predicted octanol–water partition coefficient (Wildman–Crippen LogP) is 3.76. The maximum absolute atomic E-state index is 12.7. The summed E-state index contributed by atoms with van der Waals surface area (Å²) in [5, 5.41) is 8.77. The molecule has 2 nitrogen and oxygen atoms in total. The fourth-order valence-electron chi connectivity index (χ4n) is 1.32. The summed E-state index contributed by atoms with van der Waals surface area (Å²) in [6, 6.07) is 5.15. The lowest BCUT2D eigenvalue weighted by atomic mass is 10.1. The predicted molar refractivity (Wildman–Crippen MR) is 56.6 cm³/mol. The molecule has 1 aromatic carbocycles. The number of rotatable bonds is 4. The molecule has 0 N–H and O–H groups in total. The first-order valence-electron chi connectivity index (χ1n) is 5.23. The molecule has 92 valence electrons. The lowest BCUT2D eigenvalue weighted by Gasteiger charge is -2.14. The van der Waals surface area contributed by atoms with Gasteiger partial charge < -0.3 is 4.74 Å². The first-order valence-corrected chi connectivity index (χ1v) is 5.23. The lowest BCUT2D eigenvalue weighted by Crippen LogP contribution is -2.10. The normalized spacial score (nSPS) is 11.0. The summed E-state index contributed by atoms with van der Waals surface area (Å²) < 4.78 is 43.1. The van der Waals surface area contributed by atoms with Gasteiger partial charge in [-0.05, 0) is 18.6 Å². The summed E-state index contributed by atoms with van der Waals surface area (Å²) in [7, 11) is 0. The van der Waals surface area contributed by atoms with Crippen molar-refractivity contribution in [2.24, 2.45) is 0 Å². The number of benzene rings is 1. The molecule has 0 saturated carbocycles. The van der Waals surface area contributed by atoms with Crippen molar-refractivity contribution in [3.8, 4) is 11.8 Å². The molecule has 0 aliphatic heterocycles. The van der Waals surface area contributed by atoms with Gasteiger partial charge in [0.2, 0.25) is 0 Å². The largest absolute Gasteiger partial charge is 0.492 e. The van der Waals surface area contributed by atoms with Crippen molar-refractivity contribution < 1.29 is 17.9 Å². The van der Waals surface area contributed by atoms with Crippen molar-refractivity contribution in [3.05, 3.63) is 29.3 Å². The second-order valence-corrected chi connectivity index (χ2v) is 3.49. The Kier molecular flexibility index (Phi) is 4.38. The minimum absolute atomic E-state index is 0.0871. The van der Waals surface area contributed by atoms with Crippen molar-refractivity contribution in [2.45, 2.75) is 25.9 Å². The van der Waals surface area contributed by atoms with Crippen LogP contribution in [0.5, 0.6) is 5.75 Å². The van der Waals surface area contributed by atoms with E-state index in [1.54, 1.807) is 6.07 Å². The minimum atomic E-state index is -4.51. The van der Waals surface area contributed by atoms with Crippen LogP contribution in [-0.2, 0) is 6.18 Å². The maximum Gasteiger partial charge on any atom is 0.420 e. The van der Waals surface area contributed by atoms with Gasteiger partial charge in [0.15, 0.2) is 0 Å². The van der Waals surface area contributed by atoms with Crippen molar-refractivity contribution in [1.82, 2.24) is 0 Å². The molecule has 0 amide bonds. The molecule has 0 radical (unpaired) electrons. The van der Waals surface area contributed by atoms with Crippen molar-refractivity contribution in [1.29, 1.82) is 5.26 Å². The lowest BCUT2D eigenvalue weighted by molar-refractivity contribution is -0.139. The number of para-hydroxylation sites is 1. The zero-order valence-corrected chi connectivity index (χ0v) is 9.34. The van der Waals surface area contributed by atoms with Crippen LogP contribution in [-0.4, -0.2) is 6.61 Å². The number of halogens is 3. The number of nitriles is 1. The van der Waals surface area contributed by atoms with E-state index in [0.717, 1.165) is 12.5 Å². The molecule has 0 spiro atoms. The molecule has 1 aromatic rings. The van der Waals surface area contributed by atoms with E-state index >= 15 is 0 Å². The van der Waals surface area contributed by atoms with Crippen LogP contribution in [0.15, 0.2) is 18.2 Å². The number of alkyl halides is 3. The molecule has 0 aliphatic rings. The second kappa shape index (κ2) is 5.58. The van der Waals surface area contributed by atoms with Gasteiger partial charge in [-0.2, -0.15) is 18.4 Å². The number of hydrogen-bond donors (Lipinski definition) is 0. The van der Waals surface area contributed by atoms with E-state index in [9.17, 15) is 13.2 Å². The molecular weight excluding hydrogens is 231 g/mol. The van der Waals surface area contributed by atoms with Gasteiger partial charge in [0.25, 0.3) is 0 Å². The van der Waals surface area contributed by atoms with Crippen LogP contribution in [0, 0.1) is 11.3 Å². The Morgan fingerprint density at radius 2 is 2.06 bits per heavy atom. The van der Waals surface area contributed by atoms with Crippen LogP contribution in [0.1, 0.15) is 30.9 Å². The third-order valence-corrected chi connectivity index (χ3v) is 2.19. The first-order chi connectivity index (χ1) is 8.00. The Morgan fingerprint density at radius 1 is 1.35 bits per heavy atom. The quantitative estimate of drug-likeness (QED) is 0.754. The van der Waals surface area contributed by atoms with Crippen molar-refractivity contribution >= 4 is 0 Å². The Morgan fingerprint density at radius 3 is 2.59 bits per heavy atom. The molecule has 0 fully saturated rings. The molecule has 0 saturated heterocycles. The zero-order chi connectivity index (χ0) is 12.9. The topological polar surface area (TPSA) is 33.0 Å². The van der Waals surface area contributed by atoms with E-state index in [0.29, 0.717) is 6.42 Å². The molecule has 0 aliphatic carbocycles. The smallest absolute Gasteiger partial charge is 0.420 e. The van der Waals surface area contributed by atoms with Crippen molar-refractivity contribution in [3.63, 3.8) is 0 Å². The van der Waals surface area contributed by atoms with E-state index in [4.69, 9.17) is 10.00 Å². The fourth-order valence-corrected chi connectivity index (χ4v) is 1.32. The molecule has 17 heavy (non-hydrogen) atoms. The minimum Gasteiger partial charge on any atom is -0.492 e. The van der Waals surface area contributed by atoms with Crippen LogP contribution in [0.25, 0.3) is 0 Å². The van der Waals surface area contributed by atoms with Gasteiger partial charge in [0.1, 0.15) is 11.8 Å². The van der Waals surface area contributed by atoms with E-state index in [1.165, 1.54) is 12.1 Å². The number of ether oxygens (including phenoxy) is 1. The average molecular weight is 243 g/mol. The summed E-state index contributed by atoms with van der Waals surface area (Å²) in [6.45, 7) is 2.09. The summed E-state index contributed by atoms with van der Waals surface area (Å²) in [4.78, 5) is 0. The van der Waals surface area contributed by atoms with Gasteiger partial charge in [-0.3, -0.25) is 0 Å². The van der Waals surface area contributed by atoms with E-state index in [-0.39, 0.29) is 17.9 Å². The standard InChI is InChI=1S/C12H12F3NO/c1-2-3-7-17-11-9(8-16)5-4-6-10(11)12(13,14)15/h4-6H,2-3,7H2,1H3. The molecule has 5 heteroatoms. The Bertz CT molecular complexity index is 421. The highest BCUT2D eigenvalue weighted by Crippen LogP contribution is 2.38. The molecule has 0 heterocycles. The fraction of sp³-hybridized carbons (Fsp3) is 0.417. The van der Waals surface area contributed by atoms with Crippen LogP contribution >= 0.6 is 0 Å². The van der Waals surface area contributed by atoms with Crippen LogP contribution in [0.2, 0.25) is 0 Å². The van der Waals surface area contributed by atoms with Crippen molar-refractivity contribution in [2.75, 3.05) is 6.61 Å². The molecule has 0 atom stereocenters. The average Bonchev–Trinajstić information content (AvgIpc) is 2.28. The van der Waals surface area contributed by atoms with E-state index in [1.807, 2.05) is 6.92 Å². The van der Waals surface area contributed by atoms with Crippen LogP contribution in [0.3, 0.4) is 0 Å².